The molecule has 15 heavy (non-hydrogen) atoms. The van der Waals surface area contributed by atoms with E-state index in [1.165, 1.54) is 0 Å². The van der Waals surface area contributed by atoms with Gasteiger partial charge in [-0.25, -0.2) is 4.68 Å². The normalized spacial score (nSPS) is 10.5. The number of benzene rings is 1. The Hall–Kier alpha value is -1.33. The Balaban J connectivity index is 2.44. The standard InChI is InChI=1S/C10H11N3OS/c1-15-10-5-3-2-4-9(10)13-6-8(7-14)11-12-13/h2-6,14H,7H2,1H3. The van der Waals surface area contributed by atoms with Crippen LogP contribution in [0.25, 0.3) is 5.69 Å². The molecular formula is C10H11N3OS. The van der Waals surface area contributed by atoms with Crippen LogP contribution in [0.2, 0.25) is 0 Å². The van der Waals surface area contributed by atoms with Gasteiger partial charge >= 0.3 is 0 Å². The Morgan fingerprint density at radius 3 is 2.87 bits per heavy atom. The van der Waals surface area contributed by atoms with Gasteiger partial charge in [0.25, 0.3) is 0 Å². The first-order chi connectivity index (χ1) is 7.35. The molecule has 0 aliphatic rings. The van der Waals surface area contributed by atoms with Gasteiger partial charge in [-0.15, -0.1) is 16.9 Å². The summed E-state index contributed by atoms with van der Waals surface area (Å²) in [7, 11) is 0. The van der Waals surface area contributed by atoms with Crippen molar-refractivity contribution in [2.75, 3.05) is 6.26 Å². The molecule has 1 aromatic heterocycles. The van der Waals surface area contributed by atoms with Crippen LogP contribution >= 0.6 is 11.8 Å². The molecule has 0 amide bonds. The zero-order valence-corrected chi connectivity index (χ0v) is 9.11. The van der Waals surface area contributed by atoms with Crippen LogP contribution in [0.15, 0.2) is 35.4 Å². The third-order valence-electron chi connectivity index (χ3n) is 2.03. The number of hydrogen-bond donors (Lipinski definition) is 1. The molecule has 0 radical (unpaired) electrons. The zero-order chi connectivity index (χ0) is 10.7. The summed E-state index contributed by atoms with van der Waals surface area (Å²) in [5.41, 5.74) is 1.56. The van der Waals surface area contributed by atoms with E-state index in [0.717, 1.165) is 10.6 Å². The lowest BCUT2D eigenvalue weighted by atomic mass is 10.3. The Morgan fingerprint density at radius 2 is 2.20 bits per heavy atom. The largest absolute Gasteiger partial charge is 0.390 e. The fraction of sp³-hybridized carbons (Fsp3) is 0.200. The number of hydrogen-bond acceptors (Lipinski definition) is 4. The minimum absolute atomic E-state index is 0.0819. The van der Waals surface area contributed by atoms with E-state index in [4.69, 9.17) is 5.11 Å². The fourth-order valence-corrected chi connectivity index (χ4v) is 1.89. The van der Waals surface area contributed by atoms with Crippen molar-refractivity contribution in [3.63, 3.8) is 0 Å². The summed E-state index contributed by atoms with van der Waals surface area (Å²) in [5, 5.41) is 16.7. The summed E-state index contributed by atoms with van der Waals surface area (Å²) in [5.74, 6) is 0. The molecule has 1 aromatic carbocycles. The highest BCUT2D eigenvalue weighted by Crippen LogP contribution is 2.22. The molecule has 1 heterocycles. The highest BCUT2D eigenvalue weighted by molar-refractivity contribution is 7.98. The van der Waals surface area contributed by atoms with Crippen molar-refractivity contribution in [3.05, 3.63) is 36.2 Å². The van der Waals surface area contributed by atoms with Gasteiger partial charge in [0.15, 0.2) is 0 Å². The van der Waals surface area contributed by atoms with Crippen LogP contribution in [0.1, 0.15) is 5.69 Å². The lowest BCUT2D eigenvalue weighted by molar-refractivity contribution is 0.276. The van der Waals surface area contributed by atoms with Crippen LogP contribution in [0.5, 0.6) is 0 Å². The van der Waals surface area contributed by atoms with E-state index in [-0.39, 0.29) is 6.61 Å². The van der Waals surface area contributed by atoms with Gasteiger partial charge in [-0.3, -0.25) is 0 Å². The molecule has 1 N–H and O–H groups in total. The topological polar surface area (TPSA) is 50.9 Å². The van der Waals surface area contributed by atoms with Crippen molar-refractivity contribution in [1.29, 1.82) is 0 Å². The molecule has 5 heteroatoms. The van der Waals surface area contributed by atoms with Crippen LogP contribution in [0.4, 0.5) is 0 Å². The second-order valence-corrected chi connectivity index (χ2v) is 3.83. The minimum atomic E-state index is -0.0819. The Kier molecular flexibility index (Phi) is 3.03. The Morgan fingerprint density at radius 1 is 1.40 bits per heavy atom. The van der Waals surface area contributed by atoms with Crippen LogP contribution < -0.4 is 0 Å². The average Bonchev–Trinajstić information content (AvgIpc) is 2.77. The number of aliphatic hydroxyl groups is 1. The van der Waals surface area contributed by atoms with E-state index in [1.54, 1.807) is 22.6 Å². The monoisotopic (exact) mass is 221 g/mol. The minimum Gasteiger partial charge on any atom is -0.390 e. The van der Waals surface area contributed by atoms with Crippen LogP contribution in [0.3, 0.4) is 0 Å². The van der Waals surface area contributed by atoms with E-state index in [9.17, 15) is 0 Å². The van der Waals surface area contributed by atoms with Crippen LogP contribution in [-0.4, -0.2) is 26.4 Å². The molecule has 0 fully saturated rings. The van der Waals surface area contributed by atoms with Gasteiger partial charge in [0, 0.05) is 4.90 Å². The zero-order valence-electron chi connectivity index (χ0n) is 8.29. The van der Waals surface area contributed by atoms with Crippen LogP contribution in [-0.2, 0) is 6.61 Å². The molecular weight excluding hydrogens is 210 g/mol. The van der Waals surface area contributed by atoms with Gasteiger partial charge in [0.05, 0.1) is 18.5 Å². The summed E-state index contributed by atoms with van der Waals surface area (Å²) in [6, 6.07) is 7.94. The Bertz CT molecular complexity index is 455. The molecule has 0 aliphatic heterocycles. The van der Waals surface area contributed by atoms with Gasteiger partial charge < -0.3 is 5.11 Å². The summed E-state index contributed by atoms with van der Waals surface area (Å²) in [6.45, 7) is -0.0819. The highest BCUT2D eigenvalue weighted by atomic mass is 32.2. The lowest BCUT2D eigenvalue weighted by Crippen LogP contribution is -1.96. The van der Waals surface area contributed by atoms with E-state index in [2.05, 4.69) is 10.3 Å². The van der Waals surface area contributed by atoms with E-state index in [1.807, 2.05) is 30.5 Å². The van der Waals surface area contributed by atoms with Crippen molar-refractivity contribution in [2.45, 2.75) is 11.5 Å². The molecule has 0 atom stereocenters. The van der Waals surface area contributed by atoms with E-state index in [0.29, 0.717) is 5.69 Å². The second-order valence-electron chi connectivity index (χ2n) is 2.98. The van der Waals surface area contributed by atoms with Gasteiger partial charge in [-0.05, 0) is 18.4 Å². The quantitative estimate of drug-likeness (QED) is 0.798. The maximum Gasteiger partial charge on any atom is 0.109 e. The smallest absolute Gasteiger partial charge is 0.109 e. The van der Waals surface area contributed by atoms with E-state index >= 15 is 0 Å². The maximum atomic E-state index is 8.90. The summed E-state index contributed by atoms with van der Waals surface area (Å²) < 4.78 is 1.68. The highest BCUT2D eigenvalue weighted by Gasteiger charge is 2.05. The van der Waals surface area contributed by atoms with Gasteiger partial charge in [-0.2, -0.15) is 0 Å². The van der Waals surface area contributed by atoms with Crippen molar-refractivity contribution in [1.82, 2.24) is 15.0 Å². The number of thioether (sulfide) groups is 1. The number of para-hydroxylation sites is 1. The molecule has 0 aliphatic carbocycles. The number of aliphatic hydroxyl groups excluding tert-OH is 1. The molecule has 78 valence electrons. The first kappa shape index (κ1) is 10.2. The number of aromatic nitrogens is 3. The third-order valence-corrected chi connectivity index (χ3v) is 2.82. The van der Waals surface area contributed by atoms with E-state index < -0.39 is 0 Å². The molecule has 0 spiro atoms. The summed E-state index contributed by atoms with van der Waals surface area (Å²) in [4.78, 5) is 1.13. The first-order valence-electron chi connectivity index (χ1n) is 4.50. The predicted octanol–water partition coefficient (Wildman–Crippen LogP) is 1.48. The third kappa shape index (κ3) is 2.03. The van der Waals surface area contributed by atoms with Crippen molar-refractivity contribution in [3.8, 4) is 5.69 Å². The molecule has 0 bridgehead atoms. The van der Waals surface area contributed by atoms with Crippen LogP contribution in [0, 0.1) is 0 Å². The molecule has 0 saturated heterocycles. The summed E-state index contributed by atoms with van der Waals surface area (Å²) >= 11 is 1.66. The number of nitrogens with zero attached hydrogens (tertiary/aromatic N) is 3. The Labute approximate surface area is 91.9 Å². The van der Waals surface area contributed by atoms with Crippen molar-refractivity contribution >= 4 is 11.8 Å². The number of rotatable bonds is 3. The van der Waals surface area contributed by atoms with Gasteiger partial charge in [0.1, 0.15) is 5.69 Å². The summed E-state index contributed by atoms with van der Waals surface area (Å²) in [6.07, 6.45) is 3.75. The predicted molar refractivity (Wildman–Crippen MR) is 59.1 cm³/mol. The van der Waals surface area contributed by atoms with Crippen molar-refractivity contribution in [2.24, 2.45) is 0 Å². The van der Waals surface area contributed by atoms with Crippen molar-refractivity contribution < 1.29 is 5.11 Å². The lowest BCUT2D eigenvalue weighted by Gasteiger charge is -2.04. The average molecular weight is 221 g/mol. The second kappa shape index (κ2) is 4.46. The molecule has 2 rings (SSSR count). The first-order valence-corrected chi connectivity index (χ1v) is 5.73. The maximum absolute atomic E-state index is 8.90. The SMILES string of the molecule is CSc1ccccc1-n1cc(CO)nn1. The molecule has 4 nitrogen and oxygen atoms in total. The molecule has 0 saturated carbocycles. The van der Waals surface area contributed by atoms with Gasteiger partial charge in [0.2, 0.25) is 0 Å². The fourth-order valence-electron chi connectivity index (χ4n) is 1.31. The van der Waals surface area contributed by atoms with Gasteiger partial charge in [-0.1, -0.05) is 17.3 Å². The molecule has 2 aromatic rings. The molecule has 0 unspecified atom stereocenters.